The van der Waals surface area contributed by atoms with Crippen molar-refractivity contribution in [2.45, 2.75) is 6.54 Å². The fraction of sp³-hybridized carbons (Fsp3) is 0.300. The minimum atomic E-state index is -0.0662. The summed E-state index contributed by atoms with van der Waals surface area (Å²) in [4.78, 5) is 12.7. The van der Waals surface area contributed by atoms with Crippen LogP contribution < -0.4 is 5.32 Å². The summed E-state index contributed by atoms with van der Waals surface area (Å²) in [5, 5.41) is 2.80. The van der Waals surface area contributed by atoms with Crippen LogP contribution in [0, 0.1) is 3.57 Å². The largest absolute Gasteiger partial charge is 0.334 e. The zero-order valence-corrected chi connectivity index (χ0v) is 10.4. The number of carbonyl (C=O) groups excluding carboxylic acids is 1. The third kappa shape index (κ3) is 3.53. The summed E-state index contributed by atoms with van der Waals surface area (Å²) in [6.07, 6.45) is 0. The summed E-state index contributed by atoms with van der Waals surface area (Å²) in [6, 6.07) is 8.01. The molecule has 0 spiro atoms. The molecule has 4 heteroatoms. The Morgan fingerprint density at radius 3 is 2.43 bits per heavy atom. The molecule has 3 nitrogen and oxygen atoms in total. The van der Waals surface area contributed by atoms with Crippen LogP contribution in [0.15, 0.2) is 24.3 Å². The molecule has 0 aliphatic carbocycles. The number of benzene rings is 1. The maximum absolute atomic E-state index is 11.2. The van der Waals surface area contributed by atoms with Gasteiger partial charge in [-0.2, -0.15) is 0 Å². The first-order chi connectivity index (χ1) is 6.59. The number of rotatable bonds is 2. The van der Waals surface area contributed by atoms with E-state index in [0.29, 0.717) is 6.54 Å². The Morgan fingerprint density at radius 1 is 1.36 bits per heavy atom. The lowest BCUT2D eigenvalue weighted by atomic mass is 10.2. The Hall–Kier alpha value is -0.780. The second-order valence-electron chi connectivity index (χ2n) is 3.18. The molecule has 2 amide bonds. The molecular formula is C10H13IN2O. The standard InChI is InChI=1S/C10H13IN2O/c1-13(2)10(14)12-7-8-3-5-9(11)6-4-8/h3-6H,7H2,1-2H3,(H,12,14). The average Bonchev–Trinajstić information content (AvgIpc) is 2.16. The number of amides is 2. The smallest absolute Gasteiger partial charge is 0.317 e. The van der Waals surface area contributed by atoms with Gasteiger partial charge in [-0.1, -0.05) is 12.1 Å². The molecule has 0 fully saturated rings. The van der Waals surface area contributed by atoms with E-state index in [1.807, 2.05) is 24.3 Å². The second-order valence-corrected chi connectivity index (χ2v) is 4.43. The van der Waals surface area contributed by atoms with Crippen LogP contribution in [0.5, 0.6) is 0 Å². The molecular weight excluding hydrogens is 291 g/mol. The monoisotopic (exact) mass is 304 g/mol. The molecule has 76 valence electrons. The van der Waals surface area contributed by atoms with Gasteiger partial charge < -0.3 is 10.2 Å². The highest BCUT2D eigenvalue weighted by Gasteiger charge is 2.01. The van der Waals surface area contributed by atoms with Gasteiger partial charge in [-0.15, -0.1) is 0 Å². The Morgan fingerprint density at radius 2 is 1.93 bits per heavy atom. The van der Waals surface area contributed by atoms with Crippen molar-refractivity contribution in [3.8, 4) is 0 Å². The molecule has 0 aromatic heterocycles. The first-order valence-electron chi connectivity index (χ1n) is 4.29. The van der Waals surface area contributed by atoms with Gasteiger partial charge in [0.05, 0.1) is 0 Å². The summed E-state index contributed by atoms with van der Waals surface area (Å²) in [5.74, 6) is 0. The van der Waals surface area contributed by atoms with Gasteiger partial charge in [0.25, 0.3) is 0 Å². The van der Waals surface area contributed by atoms with Crippen molar-refractivity contribution in [1.29, 1.82) is 0 Å². The Kier molecular flexibility index (Phi) is 4.19. The molecule has 1 aromatic rings. The Balaban J connectivity index is 2.46. The van der Waals surface area contributed by atoms with Crippen LogP contribution in [0.2, 0.25) is 0 Å². The fourth-order valence-corrected chi connectivity index (χ4v) is 1.30. The highest BCUT2D eigenvalue weighted by molar-refractivity contribution is 14.1. The minimum Gasteiger partial charge on any atom is -0.334 e. The molecule has 1 rings (SSSR count). The van der Waals surface area contributed by atoms with Gasteiger partial charge in [-0.3, -0.25) is 0 Å². The van der Waals surface area contributed by atoms with Gasteiger partial charge in [-0.25, -0.2) is 4.79 Å². The summed E-state index contributed by atoms with van der Waals surface area (Å²) in [5.41, 5.74) is 1.11. The number of hydrogen-bond donors (Lipinski definition) is 1. The molecule has 0 atom stereocenters. The van der Waals surface area contributed by atoms with Gasteiger partial charge in [0.1, 0.15) is 0 Å². The Bertz CT molecular complexity index is 308. The van der Waals surface area contributed by atoms with Crippen LogP contribution in [0.4, 0.5) is 4.79 Å². The highest BCUT2D eigenvalue weighted by atomic mass is 127. The van der Waals surface area contributed by atoms with Crippen molar-refractivity contribution in [1.82, 2.24) is 10.2 Å². The van der Waals surface area contributed by atoms with E-state index >= 15 is 0 Å². The normalized spacial score (nSPS) is 9.64. The van der Waals surface area contributed by atoms with Crippen molar-refractivity contribution in [2.75, 3.05) is 14.1 Å². The van der Waals surface area contributed by atoms with E-state index in [9.17, 15) is 4.79 Å². The number of carbonyl (C=O) groups is 1. The van der Waals surface area contributed by atoms with Crippen LogP contribution in [0.3, 0.4) is 0 Å². The number of nitrogens with zero attached hydrogens (tertiary/aromatic N) is 1. The van der Waals surface area contributed by atoms with E-state index in [0.717, 1.165) is 5.56 Å². The number of halogens is 1. The van der Waals surface area contributed by atoms with Crippen molar-refractivity contribution < 1.29 is 4.79 Å². The van der Waals surface area contributed by atoms with Crippen LogP contribution in [0.25, 0.3) is 0 Å². The molecule has 0 aliphatic rings. The van der Waals surface area contributed by atoms with E-state index in [4.69, 9.17) is 0 Å². The maximum Gasteiger partial charge on any atom is 0.317 e. The third-order valence-corrected chi connectivity index (χ3v) is 2.48. The van der Waals surface area contributed by atoms with Gasteiger partial charge in [-0.05, 0) is 40.3 Å². The molecule has 0 unspecified atom stereocenters. The van der Waals surface area contributed by atoms with E-state index in [1.165, 1.54) is 8.47 Å². The van der Waals surface area contributed by atoms with Crippen molar-refractivity contribution in [3.63, 3.8) is 0 Å². The van der Waals surface area contributed by atoms with Crippen molar-refractivity contribution in [3.05, 3.63) is 33.4 Å². The lowest BCUT2D eigenvalue weighted by molar-refractivity contribution is 0.217. The van der Waals surface area contributed by atoms with E-state index in [1.54, 1.807) is 14.1 Å². The summed E-state index contributed by atoms with van der Waals surface area (Å²) >= 11 is 2.25. The zero-order valence-electron chi connectivity index (χ0n) is 8.25. The molecule has 0 heterocycles. The zero-order chi connectivity index (χ0) is 10.6. The fourth-order valence-electron chi connectivity index (χ4n) is 0.938. The molecule has 1 aromatic carbocycles. The van der Waals surface area contributed by atoms with Crippen molar-refractivity contribution in [2.24, 2.45) is 0 Å². The second kappa shape index (κ2) is 5.19. The lowest BCUT2D eigenvalue weighted by Gasteiger charge is -2.11. The van der Waals surface area contributed by atoms with Gasteiger partial charge >= 0.3 is 6.03 Å². The van der Waals surface area contributed by atoms with E-state index in [2.05, 4.69) is 27.9 Å². The molecule has 0 radical (unpaired) electrons. The van der Waals surface area contributed by atoms with Crippen LogP contribution in [-0.2, 0) is 6.54 Å². The van der Waals surface area contributed by atoms with Gasteiger partial charge in [0.2, 0.25) is 0 Å². The number of nitrogens with one attached hydrogen (secondary N) is 1. The number of hydrogen-bond acceptors (Lipinski definition) is 1. The quantitative estimate of drug-likeness (QED) is 0.834. The lowest BCUT2D eigenvalue weighted by Crippen LogP contribution is -2.33. The first-order valence-corrected chi connectivity index (χ1v) is 5.37. The average molecular weight is 304 g/mol. The predicted molar refractivity (Wildman–Crippen MR) is 65.1 cm³/mol. The van der Waals surface area contributed by atoms with Crippen LogP contribution in [-0.4, -0.2) is 25.0 Å². The van der Waals surface area contributed by atoms with Crippen molar-refractivity contribution >= 4 is 28.6 Å². The highest BCUT2D eigenvalue weighted by Crippen LogP contribution is 2.06. The van der Waals surface area contributed by atoms with Gasteiger partial charge in [0.15, 0.2) is 0 Å². The minimum absolute atomic E-state index is 0.0662. The van der Waals surface area contributed by atoms with Crippen LogP contribution >= 0.6 is 22.6 Å². The summed E-state index contributed by atoms with van der Waals surface area (Å²) in [6.45, 7) is 0.577. The van der Waals surface area contributed by atoms with E-state index in [-0.39, 0.29) is 6.03 Å². The molecule has 0 saturated carbocycles. The number of urea groups is 1. The van der Waals surface area contributed by atoms with E-state index < -0.39 is 0 Å². The summed E-state index contributed by atoms with van der Waals surface area (Å²) in [7, 11) is 3.45. The molecule has 0 aliphatic heterocycles. The predicted octanol–water partition coefficient (Wildman–Crippen LogP) is 2.06. The van der Waals surface area contributed by atoms with Gasteiger partial charge in [0, 0.05) is 24.2 Å². The third-order valence-electron chi connectivity index (χ3n) is 1.76. The SMILES string of the molecule is CN(C)C(=O)NCc1ccc(I)cc1. The molecule has 0 bridgehead atoms. The van der Waals surface area contributed by atoms with Crippen LogP contribution in [0.1, 0.15) is 5.56 Å². The Labute approximate surface area is 97.6 Å². The first kappa shape index (κ1) is 11.3. The topological polar surface area (TPSA) is 32.3 Å². The molecule has 1 N–H and O–H groups in total. The molecule has 14 heavy (non-hydrogen) atoms. The maximum atomic E-state index is 11.2. The summed E-state index contributed by atoms with van der Waals surface area (Å²) < 4.78 is 1.20. The molecule has 0 saturated heterocycles.